The summed E-state index contributed by atoms with van der Waals surface area (Å²) in [5.74, 6) is 0.0715. The SMILES string of the molecule is Cl.NC1(C(=O)N2CCc3cccc(Br)c3C2)CCOCC1. The zero-order chi connectivity index (χ0) is 14.2. The Kier molecular flexibility index (Phi) is 5.30. The molecule has 0 spiro atoms. The summed E-state index contributed by atoms with van der Waals surface area (Å²) in [6.45, 7) is 2.56. The van der Waals surface area contributed by atoms with E-state index in [0.717, 1.165) is 17.4 Å². The highest BCUT2D eigenvalue weighted by Gasteiger charge is 2.39. The summed E-state index contributed by atoms with van der Waals surface area (Å²) in [4.78, 5) is 14.6. The number of nitrogens with zero attached hydrogens (tertiary/aromatic N) is 1. The van der Waals surface area contributed by atoms with Gasteiger partial charge in [0.25, 0.3) is 0 Å². The van der Waals surface area contributed by atoms with Gasteiger partial charge in [0, 0.05) is 30.8 Å². The number of fused-ring (bicyclic) bond motifs is 1. The van der Waals surface area contributed by atoms with Gasteiger partial charge < -0.3 is 15.4 Å². The van der Waals surface area contributed by atoms with Crippen LogP contribution in [0.1, 0.15) is 24.0 Å². The molecule has 6 heteroatoms. The number of hydrogen-bond donors (Lipinski definition) is 1. The van der Waals surface area contributed by atoms with Gasteiger partial charge in [-0.15, -0.1) is 12.4 Å². The zero-order valence-corrected chi connectivity index (χ0v) is 14.2. The molecule has 0 unspecified atom stereocenters. The van der Waals surface area contributed by atoms with Crippen LogP contribution in [-0.2, 0) is 22.5 Å². The van der Waals surface area contributed by atoms with Gasteiger partial charge in [-0.2, -0.15) is 0 Å². The van der Waals surface area contributed by atoms with E-state index in [1.54, 1.807) is 0 Å². The standard InChI is InChI=1S/C15H19BrN2O2.ClH/c16-13-3-1-2-11-4-7-18(10-12(11)13)14(19)15(17)5-8-20-9-6-15;/h1-3H,4-10,17H2;1H. The Morgan fingerprint density at radius 1 is 1.33 bits per heavy atom. The van der Waals surface area contributed by atoms with Crippen molar-refractivity contribution in [2.24, 2.45) is 5.73 Å². The first-order chi connectivity index (χ1) is 9.60. The van der Waals surface area contributed by atoms with Crippen LogP contribution < -0.4 is 5.73 Å². The van der Waals surface area contributed by atoms with E-state index in [1.807, 2.05) is 17.0 Å². The molecule has 1 aromatic rings. The van der Waals surface area contributed by atoms with E-state index in [0.29, 0.717) is 32.6 Å². The van der Waals surface area contributed by atoms with Gasteiger partial charge in [-0.25, -0.2) is 0 Å². The molecule has 116 valence electrons. The summed E-state index contributed by atoms with van der Waals surface area (Å²) < 4.78 is 6.39. The summed E-state index contributed by atoms with van der Waals surface area (Å²) in [5, 5.41) is 0. The maximum Gasteiger partial charge on any atom is 0.243 e. The van der Waals surface area contributed by atoms with Crippen LogP contribution in [-0.4, -0.2) is 36.1 Å². The third-order valence-corrected chi connectivity index (χ3v) is 5.06. The molecule has 0 aliphatic carbocycles. The van der Waals surface area contributed by atoms with Crippen LogP contribution in [0, 0.1) is 0 Å². The van der Waals surface area contributed by atoms with E-state index in [1.165, 1.54) is 11.1 Å². The number of benzene rings is 1. The van der Waals surface area contributed by atoms with E-state index in [-0.39, 0.29) is 18.3 Å². The second-order valence-electron chi connectivity index (χ2n) is 5.62. The van der Waals surface area contributed by atoms with E-state index in [9.17, 15) is 4.79 Å². The van der Waals surface area contributed by atoms with Crippen LogP contribution in [0.25, 0.3) is 0 Å². The van der Waals surface area contributed by atoms with E-state index < -0.39 is 5.54 Å². The molecule has 21 heavy (non-hydrogen) atoms. The number of rotatable bonds is 1. The molecule has 0 bridgehead atoms. The first kappa shape index (κ1) is 16.7. The molecular weight excluding hydrogens is 356 g/mol. The minimum absolute atomic E-state index is 0. The second-order valence-corrected chi connectivity index (χ2v) is 6.48. The minimum Gasteiger partial charge on any atom is -0.381 e. The molecular formula is C15H20BrClN2O2. The van der Waals surface area contributed by atoms with E-state index >= 15 is 0 Å². The number of halogens is 2. The first-order valence-electron chi connectivity index (χ1n) is 7.02. The van der Waals surface area contributed by atoms with E-state index in [4.69, 9.17) is 10.5 Å². The lowest BCUT2D eigenvalue weighted by Gasteiger charge is -2.39. The Labute approximate surface area is 139 Å². The largest absolute Gasteiger partial charge is 0.381 e. The van der Waals surface area contributed by atoms with Crippen LogP contribution in [0.2, 0.25) is 0 Å². The van der Waals surface area contributed by atoms with Crippen molar-refractivity contribution >= 4 is 34.2 Å². The number of carbonyl (C=O) groups is 1. The normalized spacial score (nSPS) is 20.4. The van der Waals surface area contributed by atoms with Gasteiger partial charge in [0.15, 0.2) is 0 Å². The monoisotopic (exact) mass is 374 g/mol. The molecule has 0 radical (unpaired) electrons. The van der Waals surface area contributed by atoms with Crippen molar-refractivity contribution in [3.05, 3.63) is 33.8 Å². The van der Waals surface area contributed by atoms with Gasteiger partial charge in [0.1, 0.15) is 0 Å². The molecule has 2 N–H and O–H groups in total. The van der Waals surface area contributed by atoms with Gasteiger partial charge in [0.2, 0.25) is 5.91 Å². The van der Waals surface area contributed by atoms with Gasteiger partial charge in [0.05, 0.1) is 5.54 Å². The van der Waals surface area contributed by atoms with Gasteiger partial charge in [-0.3, -0.25) is 4.79 Å². The van der Waals surface area contributed by atoms with Crippen molar-refractivity contribution < 1.29 is 9.53 Å². The maximum absolute atomic E-state index is 12.7. The van der Waals surface area contributed by atoms with Crippen LogP contribution in [0.15, 0.2) is 22.7 Å². The number of carbonyl (C=O) groups excluding carboxylic acids is 1. The molecule has 1 aromatic carbocycles. The van der Waals surface area contributed by atoms with Crippen molar-refractivity contribution in [3.8, 4) is 0 Å². The van der Waals surface area contributed by atoms with Gasteiger partial charge in [-0.05, 0) is 36.5 Å². The molecule has 0 atom stereocenters. The van der Waals surface area contributed by atoms with Crippen LogP contribution in [0.3, 0.4) is 0 Å². The van der Waals surface area contributed by atoms with Crippen molar-refractivity contribution in [3.63, 3.8) is 0 Å². The average Bonchev–Trinajstić information content (AvgIpc) is 2.47. The predicted molar refractivity (Wildman–Crippen MR) is 87.5 cm³/mol. The lowest BCUT2D eigenvalue weighted by atomic mass is 9.88. The van der Waals surface area contributed by atoms with Crippen LogP contribution in [0.5, 0.6) is 0 Å². The highest BCUT2D eigenvalue weighted by molar-refractivity contribution is 9.10. The number of ether oxygens (including phenoxy) is 1. The lowest BCUT2D eigenvalue weighted by Crippen LogP contribution is -2.58. The fourth-order valence-electron chi connectivity index (χ4n) is 2.98. The Balaban J connectivity index is 0.00000161. The molecule has 1 saturated heterocycles. The third-order valence-electron chi connectivity index (χ3n) is 4.31. The van der Waals surface area contributed by atoms with Gasteiger partial charge in [-0.1, -0.05) is 28.1 Å². The highest BCUT2D eigenvalue weighted by atomic mass is 79.9. The van der Waals surface area contributed by atoms with Gasteiger partial charge >= 0.3 is 0 Å². The predicted octanol–water partition coefficient (Wildman–Crippen LogP) is 2.26. The summed E-state index contributed by atoms with van der Waals surface area (Å²) in [6.07, 6.45) is 2.13. The lowest BCUT2D eigenvalue weighted by molar-refractivity contribution is -0.141. The highest BCUT2D eigenvalue weighted by Crippen LogP contribution is 2.29. The topological polar surface area (TPSA) is 55.6 Å². The number of amides is 1. The quantitative estimate of drug-likeness (QED) is 0.819. The second kappa shape index (κ2) is 6.65. The Hall–Kier alpha value is -0.620. The molecule has 1 amide bonds. The molecule has 1 fully saturated rings. The fraction of sp³-hybridized carbons (Fsp3) is 0.533. The summed E-state index contributed by atoms with van der Waals surface area (Å²) >= 11 is 3.58. The van der Waals surface area contributed by atoms with E-state index in [2.05, 4.69) is 22.0 Å². The molecule has 2 heterocycles. The van der Waals surface area contributed by atoms with Crippen molar-refractivity contribution in [2.75, 3.05) is 19.8 Å². The average molecular weight is 376 g/mol. The van der Waals surface area contributed by atoms with Crippen LogP contribution in [0.4, 0.5) is 0 Å². The Bertz CT molecular complexity index is 532. The van der Waals surface area contributed by atoms with Crippen LogP contribution >= 0.6 is 28.3 Å². The first-order valence-corrected chi connectivity index (χ1v) is 7.82. The summed E-state index contributed by atoms with van der Waals surface area (Å²) in [7, 11) is 0. The smallest absolute Gasteiger partial charge is 0.243 e. The molecule has 2 aliphatic heterocycles. The Morgan fingerprint density at radius 3 is 2.76 bits per heavy atom. The van der Waals surface area contributed by atoms with Crippen molar-refractivity contribution in [1.82, 2.24) is 4.90 Å². The molecule has 3 rings (SSSR count). The molecule has 0 saturated carbocycles. The zero-order valence-electron chi connectivity index (χ0n) is 11.8. The number of nitrogens with two attached hydrogens (primary N) is 1. The maximum atomic E-state index is 12.7. The fourth-order valence-corrected chi connectivity index (χ4v) is 3.51. The number of hydrogen-bond acceptors (Lipinski definition) is 3. The van der Waals surface area contributed by atoms with Crippen molar-refractivity contribution in [1.29, 1.82) is 0 Å². The molecule has 4 nitrogen and oxygen atoms in total. The summed E-state index contributed by atoms with van der Waals surface area (Å²) in [6, 6.07) is 6.21. The minimum atomic E-state index is -0.739. The molecule has 2 aliphatic rings. The Morgan fingerprint density at radius 2 is 2.05 bits per heavy atom. The van der Waals surface area contributed by atoms with Crippen molar-refractivity contribution in [2.45, 2.75) is 31.3 Å². The summed E-state index contributed by atoms with van der Waals surface area (Å²) in [5.41, 5.74) is 8.10. The molecule has 0 aromatic heterocycles. The third kappa shape index (κ3) is 3.26.